The van der Waals surface area contributed by atoms with Crippen LogP contribution in [0.2, 0.25) is 0 Å². The van der Waals surface area contributed by atoms with E-state index in [0.29, 0.717) is 30.6 Å². The summed E-state index contributed by atoms with van der Waals surface area (Å²) in [5.41, 5.74) is -0.198. The third-order valence-corrected chi connectivity index (χ3v) is 3.36. The summed E-state index contributed by atoms with van der Waals surface area (Å²) in [4.78, 5) is 30.0. The second-order valence-corrected chi connectivity index (χ2v) is 5.78. The second kappa shape index (κ2) is 7.71. The van der Waals surface area contributed by atoms with Gasteiger partial charge in [-0.1, -0.05) is 25.1 Å². The van der Waals surface area contributed by atoms with Gasteiger partial charge in [-0.25, -0.2) is 0 Å². The Morgan fingerprint density at radius 1 is 1.39 bits per heavy atom. The van der Waals surface area contributed by atoms with Gasteiger partial charge in [0.05, 0.1) is 6.54 Å². The van der Waals surface area contributed by atoms with E-state index in [9.17, 15) is 9.59 Å². The van der Waals surface area contributed by atoms with Gasteiger partial charge in [0.25, 0.3) is 5.56 Å². The average molecular weight is 318 g/mol. The van der Waals surface area contributed by atoms with Gasteiger partial charge in [0, 0.05) is 25.2 Å². The molecular weight excluding hydrogens is 296 g/mol. The van der Waals surface area contributed by atoms with E-state index in [-0.39, 0.29) is 24.6 Å². The van der Waals surface area contributed by atoms with Crippen LogP contribution < -0.4 is 5.56 Å². The number of pyridine rings is 1. The smallest absolute Gasteiger partial charge is 0.250 e. The maximum atomic E-state index is 12.4. The SMILES string of the molecule is CCN(Cc1noc(CC(C)C)n1)C(=O)Cn1ccccc1=O. The van der Waals surface area contributed by atoms with Crippen molar-refractivity contribution in [3.05, 3.63) is 46.5 Å². The van der Waals surface area contributed by atoms with E-state index in [0.717, 1.165) is 0 Å². The van der Waals surface area contributed by atoms with Gasteiger partial charge in [-0.05, 0) is 18.9 Å². The number of amides is 1. The molecular formula is C16H22N4O3. The highest BCUT2D eigenvalue weighted by Gasteiger charge is 2.17. The van der Waals surface area contributed by atoms with E-state index in [4.69, 9.17) is 4.52 Å². The minimum Gasteiger partial charge on any atom is -0.339 e. The third kappa shape index (κ3) is 4.77. The fourth-order valence-corrected chi connectivity index (χ4v) is 2.17. The number of carbonyl (C=O) groups is 1. The van der Waals surface area contributed by atoms with Gasteiger partial charge in [0.15, 0.2) is 5.82 Å². The van der Waals surface area contributed by atoms with E-state index in [1.807, 2.05) is 6.92 Å². The molecule has 2 heterocycles. The van der Waals surface area contributed by atoms with Crippen LogP contribution in [0.1, 0.15) is 32.5 Å². The fraction of sp³-hybridized carbons (Fsp3) is 0.500. The number of rotatable bonds is 7. The van der Waals surface area contributed by atoms with Gasteiger partial charge >= 0.3 is 0 Å². The number of aromatic nitrogens is 3. The first kappa shape index (κ1) is 16.9. The van der Waals surface area contributed by atoms with E-state index in [1.54, 1.807) is 23.2 Å². The molecule has 0 aromatic carbocycles. The molecule has 0 aliphatic rings. The van der Waals surface area contributed by atoms with Crippen LogP contribution in [0.5, 0.6) is 0 Å². The van der Waals surface area contributed by atoms with Crippen molar-refractivity contribution in [2.24, 2.45) is 5.92 Å². The Kier molecular flexibility index (Phi) is 5.67. The highest BCUT2D eigenvalue weighted by atomic mass is 16.5. The van der Waals surface area contributed by atoms with Crippen molar-refractivity contribution >= 4 is 5.91 Å². The summed E-state index contributed by atoms with van der Waals surface area (Å²) in [6.07, 6.45) is 2.32. The molecule has 0 fully saturated rings. The molecule has 2 aromatic rings. The van der Waals surface area contributed by atoms with Crippen molar-refractivity contribution in [3.8, 4) is 0 Å². The molecule has 0 radical (unpaired) electrons. The van der Waals surface area contributed by atoms with Gasteiger partial charge in [0.2, 0.25) is 11.8 Å². The number of hydrogen-bond donors (Lipinski definition) is 0. The number of likely N-dealkylation sites (N-methyl/N-ethyl adjacent to an activating group) is 1. The Hall–Kier alpha value is -2.44. The molecule has 0 bridgehead atoms. The molecule has 0 N–H and O–H groups in total. The third-order valence-electron chi connectivity index (χ3n) is 3.36. The van der Waals surface area contributed by atoms with Crippen molar-refractivity contribution in [1.82, 2.24) is 19.6 Å². The van der Waals surface area contributed by atoms with Gasteiger partial charge < -0.3 is 14.0 Å². The molecule has 0 saturated heterocycles. The normalized spacial score (nSPS) is 11.0. The van der Waals surface area contributed by atoms with Gasteiger partial charge in [-0.15, -0.1) is 0 Å². The highest BCUT2D eigenvalue weighted by molar-refractivity contribution is 5.75. The molecule has 0 aliphatic heterocycles. The largest absolute Gasteiger partial charge is 0.339 e. The summed E-state index contributed by atoms with van der Waals surface area (Å²) in [7, 11) is 0. The van der Waals surface area contributed by atoms with Crippen molar-refractivity contribution in [2.45, 2.75) is 40.3 Å². The van der Waals surface area contributed by atoms with Crippen molar-refractivity contribution in [2.75, 3.05) is 6.54 Å². The minimum atomic E-state index is -0.198. The molecule has 0 unspecified atom stereocenters. The van der Waals surface area contributed by atoms with Crippen LogP contribution in [0.3, 0.4) is 0 Å². The van der Waals surface area contributed by atoms with E-state index in [1.165, 1.54) is 10.6 Å². The predicted molar refractivity (Wildman–Crippen MR) is 84.6 cm³/mol. The maximum absolute atomic E-state index is 12.4. The maximum Gasteiger partial charge on any atom is 0.250 e. The van der Waals surface area contributed by atoms with Crippen LogP contribution in [0.15, 0.2) is 33.7 Å². The lowest BCUT2D eigenvalue weighted by atomic mass is 10.1. The van der Waals surface area contributed by atoms with Gasteiger partial charge in [-0.2, -0.15) is 4.98 Å². The summed E-state index contributed by atoms with van der Waals surface area (Å²) >= 11 is 0. The Labute approximate surface area is 134 Å². The monoisotopic (exact) mass is 318 g/mol. The molecule has 0 atom stereocenters. The van der Waals surface area contributed by atoms with Crippen LogP contribution in [-0.2, 0) is 24.3 Å². The van der Waals surface area contributed by atoms with Gasteiger partial charge in [-0.3, -0.25) is 9.59 Å². The first-order chi connectivity index (χ1) is 11.0. The molecule has 7 heteroatoms. The topological polar surface area (TPSA) is 81.2 Å². The van der Waals surface area contributed by atoms with E-state index >= 15 is 0 Å². The Bertz CT molecular complexity index is 705. The molecule has 2 aromatic heterocycles. The van der Waals surface area contributed by atoms with Crippen LogP contribution >= 0.6 is 0 Å². The fourth-order valence-electron chi connectivity index (χ4n) is 2.17. The molecule has 7 nitrogen and oxygen atoms in total. The Balaban J connectivity index is 2.01. The predicted octanol–water partition coefficient (Wildman–Crippen LogP) is 1.48. The molecule has 23 heavy (non-hydrogen) atoms. The van der Waals surface area contributed by atoms with Crippen LogP contribution in [0, 0.1) is 5.92 Å². The molecule has 0 saturated carbocycles. The lowest BCUT2D eigenvalue weighted by Crippen LogP contribution is -2.36. The lowest BCUT2D eigenvalue weighted by molar-refractivity contribution is -0.132. The zero-order chi connectivity index (χ0) is 16.8. The number of carbonyl (C=O) groups excluding carboxylic acids is 1. The van der Waals surface area contributed by atoms with Crippen molar-refractivity contribution < 1.29 is 9.32 Å². The summed E-state index contributed by atoms with van der Waals surface area (Å²) < 4.78 is 6.56. The summed E-state index contributed by atoms with van der Waals surface area (Å²) in [5.74, 6) is 1.34. The first-order valence-electron chi connectivity index (χ1n) is 7.74. The highest BCUT2D eigenvalue weighted by Crippen LogP contribution is 2.07. The summed E-state index contributed by atoms with van der Waals surface area (Å²) in [6, 6.07) is 4.81. The Morgan fingerprint density at radius 2 is 2.17 bits per heavy atom. The minimum absolute atomic E-state index is 0.00418. The second-order valence-electron chi connectivity index (χ2n) is 5.78. The Morgan fingerprint density at radius 3 is 2.83 bits per heavy atom. The quantitative estimate of drug-likeness (QED) is 0.772. The molecule has 0 spiro atoms. The summed E-state index contributed by atoms with van der Waals surface area (Å²) in [6.45, 7) is 6.81. The lowest BCUT2D eigenvalue weighted by Gasteiger charge is -2.19. The van der Waals surface area contributed by atoms with E-state index < -0.39 is 0 Å². The number of nitrogens with zero attached hydrogens (tertiary/aromatic N) is 4. The zero-order valence-corrected chi connectivity index (χ0v) is 13.7. The van der Waals surface area contributed by atoms with Crippen molar-refractivity contribution in [3.63, 3.8) is 0 Å². The van der Waals surface area contributed by atoms with Gasteiger partial charge in [0.1, 0.15) is 6.54 Å². The van der Waals surface area contributed by atoms with Crippen LogP contribution in [-0.4, -0.2) is 32.1 Å². The molecule has 124 valence electrons. The van der Waals surface area contributed by atoms with E-state index in [2.05, 4.69) is 24.0 Å². The standard InChI is InChI=1S/C16H22N4O3/c1-4-19(10-13-17-14(23-18-13)9-12(2)3)16(22)11-20-8-6-5-7-15(20)21/h5-8,12H,4,9-11H2,1-3H3. The van der Waals surface area contributed by atoms with Crippen LogP contribution in [0.25, 0.3) is 0 Å². The molecule has 2 rings (SSSR count). The molecule has 0 aliphatic carbocycles. The number of hydrogen-bond acceptors (Lipinski definition) is 5. The van der Waals surface area contributed by atoms with Crippen molar-refractivity contribution in [1.29, 1.82) is 0 Å². The average Bonchev–Trinajstić information content (AvgIpc) is 2.93. The molecule has 1 amide bonds. The zero-order valence-electron chi connectivity index (χ0n) is 13.7. The van der Waals surface area contributed by atoms with Crippen LogP contribution in [0.4, 0.5) is 0 Å². The summed E-state index contributed by atoms with van der Waals surface area (Å²) in [5, 5.41) is 3.92. The first-order valence-corrected chi connectivity index (χ1v) is 7.74.